The van der Waals surface area contributed by atoms with Gasteiger partial charge in [-0.3, -0.25) is 5.10 Å². The molecule has 130 valence electrons. The summed E-state index contributed by atoms with van der Waals surface area (Å²) < 4.78 is 20.4. The van der Waals surface area contributed by atoms with Gasteiger partial charge in [0.1, 0.15) is 6.61 Å². The molecule has 0 amide bonds. The van der Waals surface area contributed by atoms with E-state index in [0.717, 1.165) is 39.6 Å². The van der Waals surface area contributed by atoms with E-state index in [9.17, 15) is 4.39 Å². The molecule has 0 fully saturated rings. The van der Waals surface area contributed by atoms with Crippen LogP contribution in [0.2, 0.25) is 0 Å². The number of aromatic amines is 1. The second-order valence-corrected chi connectivity index (χ2v) is 6.24. The summed E-state index contributed by atoms with van der Waals surface area (Å²) in [5.74, 6) is -0.0603. The average molecular weight is 346 g/mol. The van der Waals surface area contributed by atoms with Crippen LogP contribution in [0.15, 0.2) is 66.9 Å². The molecule has 0 atom stereocenters. The standard InChI is InChI=1S/C22H19FN2O/c1-2-16-11-22(26-14-15-6-4-3-5-7-15)20(23)12-19(16)17-8-9-18-13-24-25-21(18)10-17/h3-13H,2,14H2,1H3,(H,24,25). The van der Waals surface area contributed by atoms with Gasteiger partial charge in [0.15, 0.2) is 11.6 Å². The molecule has 0 spiro atoms. The Morgan fingerprint density at radius 1 is 1.04 bits per heavy atom. The van der Waals surface area contributed by atoms with Crippen LogP contribution in [0.1, 0.15) is 18.1 Å². The molecule has 0 bridgehead atoms. The summed E-state index contributed by atoms with van der Waals surface area (Å²) in [6.45, 7) is 2.41. The molecular weight excluding hydrogens is 327 g/mol. The van der Waals surface area contributed by atoms with Crippen LogP contribution >= 0.6 is 0 Å². The van der Waals surface area contributed by atoms with Crippen LogP contribution in [-0.4, -0.2) is 10.2 Å². The fourth-order valence-electron chi connectivity index (χ4n) is 3.11. The van der Waals surface area contributed by atoms with Crippen LogP contribution in [0.5, 0.6) is 5.75 Å². The van der Waals surface area contributed by atoms with Crippen LogP contribution in [-0.2, 0) is 13.0 Å². The molecule has 1 N–H and O–H groups in total. The lowest BCUT2D eigenvalue weighted by atomic mass is 9.97. The van der Waals surface area contributed by atoms with Crippen molar-refractivity contribution in [1.82, 2.24) is 10.2 Å². The van der Waals surface area contributed by atoms with E-state index in [2.05, 4.69) is 17.1 Å². The van der Waals surface area contributed by atoms with E-state index in [1.807, 2.05) is 54.6 Å². The number of hydrogen-bond acceptors (Lipinski definition) is 2. The number of benzene rings is 3. The molecular formula is C22H19FN2O. The quantitative estimate of drug-likeness (QED) is 0.517. The van der Waals surface area contributed by atoms with E-state index < -0.39 is 0 Å². The van der Waals surface area contributed by atoms with Gasteiger partial charge in [0.05, 0.1) is 11.7 Å². The molecule has 0 aliphatic rings. The Hall–Kier alpha value is -3.14. The zero-order valence-electron chi connectivity index (χ0n) is 14.5. The highest BCUT2D eigenvalue weighted by molar-refractivity contribution is 5.84. The molecule has 4 rings (SSSR count). The Kier molecular flexibility index (Phi) is 4.40. The first kappa shape index (κ1) is 16.3. The van der Waals surface area contributed by atoms with Gasteiger partial charge >= 0.3 is 0 Å². The highest BCUT2D eigenvalue weighted by atomic mass is 19.1. The topological polar surface area (TPSA) is 37.9 Å². The maximum atomic E-state index is 14.7. The normalized spacial score (nSPS) is 11.0. The van der Waals surface area contributed by atoms with Gasteiger partial charge in [0.25, 0.3) is 0 Å². The van der Waals surface area contributed by atoms with E-state index in [4.69, 9.17) is 4.74 Å². The van der Waals surface area contributed by atoms with Gasteiger partial charge < -0.3 is 4.74 Å². The summed E-state index contributed by atoms with van der Waals surface area (Å²) in [4.78, 5) is 0. The predicted octanol–water partition coefficient (Wildman–Crippen LogP) is 5.51. The van der Waals surface area contributed by atoms with Gasteiger partial charge in [0, 0.05) is 5.39 Å². The largest absolute Gasteiger partial charge is 0.486 e. The zero-order valence-corrected chi connectivity index (χ0v) is 14.5. The minimum atomic E-state index is -0.349. The van der Waals surface area contributed by atoms with Gasteiger partial charge in [-0.1, -0.05) is 49.4 Å². The maximum Gasteiger partial charge on any atom is 0.165 e. The number of rotatable bonds is 5. The minimum Gasteiger partial charge on any atom is -0.486 e. The number of nitrogens with one attached hydrogen (secondary N) is 1. The number of fused-ring (bicyclic) bond motifs is 1. The van der Waals surface area contributed by atoms with E-state index in [-0.39, 0.29) is 11.6 Å². The Labute approximate surface area is 151 Å². The maximum absolute atomic E-state index is 14.7. The van der Waals surface area contributed by atoms with Crippen molar-refractivity contribution in [1.29, 1.82) is 0 Å². The molecule has 0 saturated carbocycles. The lowest BCUT2D eigenvalue weighted by molar-refractivity contribution is 0.290. The number of aromatic nitrogens is 2. The van der Waals surface area contributed by atoms with E-state index >= 15 is 0 Å². The average Bonchev–Trinajstić information content (AvgIpc) is 3.15. The third-order valence-electron chi connectivity index (χ3n) is 4.53. The molecule has 1 aromatic heterocycles. The van der Waals surface area contributed by atoms with Crippen molar-refractivity contribution in [2.24, 2.45) is 0 Å². The number of halogens is 1. The van der Waals surface area contributed by atoms with Crippen LogP contribution in [0.25, 0.3) is 22.0 Å². The SMILES string of the molecule is CCc1cc(OCc2ccccc2)c(F)cc1-c1ccc2cn[nH]c2c1. The first-order chi connectivity index (χ1) is 12.7. The van der Waals surface area contributed by atoms with Crippen molar-refractivity contribution in [3.05, 3.63) is 83.8 Å². The monoisotopic (exact) mass is 346 g/mol. The van der Waals surface area contributed by atoms with Crippen molar-refractivity contribution in [3.8, 4) is 16.9 Å². The minimum absolute atomic E-state index is 0.289. The number of aryl methyl sites for hydroxylation is 1. The second kappa shape index (κ2) is 7.00. The number of hydrogen-bond donors (Lipinski definition) is 1. The molecule has 0 aliphatic carbocycles. The van der Waals surface area contributed by atoms with Gasteiger partial charge in [-0.15, -0.1) is 0 Å². The lowest BCUT2D eigenvalue weighted by Gasteiger charge is -2.13. The van der Waals surface area contributed by atoms with Gasteiger partial charge in [-0.05, 0) is 46.9 Å². The van der Waals surface area contributed by atoms with Crippen molar-refractivity contribution in [2.45, 2.75) is 20.0 Å². The van der Waals surface area contributed by atoms with Crippen LogP contribution in [0.3, 0.4) is 0 Å². The van der Waals surface area contributed by atoms with Crippen molar-refractivity contribution < 1.29 is 9.13 Å². The predicted molar refractivity (Wildman–Crippen MR) is 102 cm³/mol. The molecule has 0 unspecified atom stereocenters. The lowest BCUT2D eigenvalue weighted by Crippen LogP contribution is -1.99. The summed E-state index contributed by atoms with van der Waals surface area (Å²) in [5, 5.41) is 8.04. The summed E-state index contributed by atoms with van der Waals surface area (Å²) in [7, 11) is 0. The summed E-state index contributed by atoms with van der Waals surface area (Å²) in [6, 6.07) is 19.1. The molecule has 0 saturated heterocycles. The van der Waals surface area contributed by atoms with Gasteiger partial charge in [-0.2, -0.15) is 5.10 Å². The Bertz CT molecular complexity index is 1040. The molecule has 0 radical (unpaired) electrons. The molecule has 3 aromatic carbocycles. The third kappa shape index (κ3) is 3.18. The second-order valence-electron chi connectivity index (χ2n) is 6.24. The molecule has 3 nitrogen and oxygen atoms in total. The summed E-state index contributed by atoms with van der Waals surface area (Å²) >= 11 is 0. The summed E-state index contributed by atoms with van der Waals surface area (Å²) in [5.41, 5.74) is 4.85. The van der Waals surface area contributed by atoms with Crippen LogP contribution in [0, 0.1) is 5.82 Å². The Balaban J connectivity index is 1.67. The molecule has 0 aliphatic heterocycles. The molecule has 26 heavy (non-hydrogen) atoms. The fourth-order valence-corrected chi connectivity index (χ4v) is 3.11. The smallest absolute Gasteiger partial charge is 0.165 e. The van der Waals surface area contributed by atoms with E-state index in [0.29, 0.717) is 6.61 Å². The van der Waals surface area contributed by atoms with Crippen molar-refractivity contribution in [3.63, 3.8) is 0 Å². The molecule has 4 aromatic rings. The van der Waals surface area contributed by atoms with E-state index in [1.54, 1.807) is 12.3 Å². The van der Waals surface area contributed by atoms with Crippen molar-refractivity contribution >= 4 is 10.9 Å². The Morgan fingerprint density at radius 3 is 2.69 bits per heavy atom. The number of ether oxygens (including phenoxy) is 1. The highest BCUT2D eigenvalue weighted by Gasteiger charge is 2.13. The van der Waals surface area contributed by atoms with Gasteiger partial charge in [0.2, 0.25) is 0 Å². The van der Waals surface area contributed by atoms with Crippen LogP contribution in [0.4, 0.5) is 4.39 Å². The van der Waals surface area contributed by atoms with Crippen molar-refractivity contribution in [2.75, 3.05) is 0 Å². The number of H-pyrrole nitrogens is 1. The third-order valence-corrected chi connectivity index (χ3v) is 4.53. The highest BCUT2D eigenvalue weighted by Crippen LogP contribution is 2.32. The zero-order chi connectivity index (χ0) is 17.9. The summed E-state index contributed by atoms with van der Waals surface area (Å²) in [6.07, 6.45) is 2.57. The first-order valence-corrected chi connectivity index (χ1v) is 8.67. The van der Waals surface area contributed by atoms with Crippen LogP contribution < -0.4 is 4.74 Å². The van der Waals surface area contributed by atoms with E-state index in [1.165, 1.54) is 0 Å². The fraction of sp³-hybridized carbons (Fsp3) is 0.136. The molecule has 4 heteroatoms. The first-order valence-electron chi connectivity index (χ1n) is 8.67. The van der Waals surface area contributed by atoms with Gasteiger partial charge in [-0.25, -0.2) is 4.39 Å². The molecule has 1 heterocycles. The Morgan fingerprint density at radius 2 is 1.88 bits per heavy atom. The number of nitrogens with zero attached hydrogens (tertiary/aromatic N) is 1.